The van der Waals surface area contributed by atoms with Crippen LogP contribution in [0.5, 0.6) is 11.5 Å². The van der Waals surface area contributed by atoms with Gasteiger partial charge in [0.05, 0.1) is 11.4 Å². The highest BCUT2D eigenvalue weighted by atomic mass is 32.1. The molecule has 6 nitrogen and oxygen atoms in total. The molecule has 0 spiro atoms. The van der Waals surface area contributed by atoms with Gasteiger partial charge in [0.25, 0.3) is 0 Å². The smallest absolute Gasteiger partial charge is 0.409 e. The molecule has 28 heavy (non-hydrogen) atoms. The fourth-order valence-corrected chi connectivity index (χ4v) is 2.59. The quantitative estimate of drug-likeness (QED) is 0.565. The third-order valence-electron chi connectivity index (χ3n) is 3.56. The van der Waals surface area contributed by atoms with Gasteiger partial charge in [0.15, 0.2) is 0 Å². The van der Waals surface area contributed by atoms with Crippen molar-refractivity contribution < 1.29 is 19.1 Å². The second-order valence-corrected chi connectivity index (χ2v) is 6.31. The summed E-state index contributed by atoms with van der Waals surface area (Å²) in [5.41, 5.74) is 1.12. The van der Waals surface area contributed by atoms with Gasteiger partial charge < -0.3 is 9.47 Å². The molecule has 0 heterocycles. The lowest BCUT2D eigenvalue weighted by Crippen LogP contribution is -2.25. The van der Waals surface area contributed by atoms with Gasteiger partial charge in [-0.1, -0.05) is 68.1 Å². The zero-order valence-electron chi connectivity index (χ0n) is 14.5. The van der Waals surface area contributed by atoms with Crippen LogP contribution in [0.15, 0.2) is 84.9 Å². The minimum absolute atomic E-state index is 0.204. The summed E-state index contributed by atoms with van der Waals surface area (Å²) in [6.45, 7) is 0. The van der Waals surface area contributed by atoms with Crippen LogP contribution in [0.3, 0.4) is 0 Å². The number of para-hydroxylation sites is 2. The Morgan fingerprint density at radius 2 is 1.00 bits per heavy atom. The van der Waals surface area contributed by atoms with Crippen LogP contribution in [0.25, 0.3) is 0 Å². The largest absolute Gasteiger partial charge is 0.429 e. The van der Waals surface area contributed by atoms with Crippen LogP contribution in [0.2, 0.25) is 0 Å². The molecule has 0 radical (unpaired) electrons. The van der Waals surface area contributed by atoms with Crippen LogP contribution < -0.4 is 18.1 Å². The molecule has 142 valence electrons. The molecule has 0 N–H and O–H groups in total. The van der Waals surface area contributed by atoms with E-state index in [0.29, 0.717) is 11.4 Å². The molecule has 0 aliphatic rings. The van der Waals surface area contributed by atoms with E-state index >= 15 is 0 Å². The van der Waals surface area contributed by atoms with Gasteiger partial charge in [-0.3, -0.25) is 0 Å². The molecule has 3 aromatic carbocycles. The average Bonchev–Trinajstić information content (AvgIpc) is 2.74. The predicted octanol–water partition coefficient (Wildman–Crippen LogP) is 5.39. The van der Waals surface area contributed by atoms with Crippen LogP contribution in [-0.4, -0.2) is 12.2 Å². The number of rotatable bonds is 4. The summed E-state index contributed by atoms with van der Waals surface area (Å²) in [4.78, 5) is 24.5. The van der Waals surface area contributed by atoms with Crippen molar-refractivity contribution in [2.24, 2.45) is 0 Å². The Hall–Kier alpha value is -3.10. The number of ether oxygens (including phenoxy) is 2. The molecular weight excluding hydrogens is 396 g/mol. The summed E-state index contributed by atoms with van der Waals surface area (Å²) in [5, 5.41) is 0. The molecule has 0 atom stereocenters. The number of nitrogens with zero attached hydrogens (tertiary/aromatic N) is 2. The van der Waals surface area contributed by atoms with E-state index in [1.165, 1.54) is 6.07 Å². The SMILES string of the molecule is O=C(Oc1cccc(OC(=O)N(S)c2ccccc2)c1)N(S)c1ccccc1. The average molecular weight is 412 g/mol. The van der Waals surface area contributed by atoms with E-state index in [-0.39, 0.29) is 11.5 Å². The number of anilines is 2. The van der Waals surface area contributed by atoms with E-state index < -0.39 is 12.2 Å². The zero-order valence-corrected chi connectivity index (χ0v) is 16.3. The molecule has 3 aromatic rings. The molecule has 2 amide bonds. The molecule has 0 bridgehead atoms. The first-order valence-corrected chi connectivity index (χ1v) is 8.96. The lowest BCUT2D eigenvalue weighted by molar-refractivity contribution is 0.210. The lowest BCUT2D eigenvalue weighted by atomic mass is 10.3. The van der Waals surface area contributed by atoms with E-state index in [4.69, 9.17) is 9.47 Å². The van der Waals surface area contributed by atoms with Crippen molar-refractivity contribution in [1.82, 2.24) is 0 Å². The maximum Gasteiger partial charge on any atom is 0.429 e. The number of carbonyl (C=O) groups excluding carboxylic acids is 2. The first-order chi connectivity index (χ1) is 13.5. The number of carbonyl (C=O) groups is 2. The van der Waals surface area contributed by atoms with Crippen LogP contribution in [0.1, 0.15) is 0 Å². The number of benzene rings is 3. The summed E-state index contributed by atoms with van der Waals surface area (Å²) >= 11 is 8.30. The molecule has 0 aliphatic heterocycles. The van der Waals surface area contributed by atoms with Gasteiger partial charge in [-0.25, -0.2) is 18.2 Å². The lowest BCUT2D eigenvalue weighted by Gasteiger charge is -2.17. The van der Waals surface area contributed by atoms with Crippen molar-refractivity contribution in [2.45, 2.75) is 0 Å². The number of thiol groups is 2. The van der Waals surface area contributed by atoms with Gasteiger partial charge in [0, 0.05) is 6.07 Å². The molecule has 0 aromatic heterocycles. The summed E-state index contributed by atoms with van der Waals surface area (Å²) in [7, 11) is 0. The van der Waals surface area contributed by atoms with E-state index in [1.54, 1.807) is 66.7 Å². The molecule has 0 saturated carbocycles. The molecule has 0 saturated heterocycles. The summed E-state index contributed by atoms with van der Waals surface area (Å²) < 4.78 is 12.7. The first kappa shape index (κ1) is 19.7. The maximum atomic E-state index is 12.2. The zero-order chi connectivity index (χ0) is 19.9. The van der Waals surface area contributed by atoms with Crippen LogP contribution >= 0.6 is 25.6 Å². The molecule has 3 rings (SSSR count). The van der Waals surface area contributed by atoms with Gasteiger partial charge in [-0.2, -0.15) is 0 Å². The van der Waals surface area contributed by atoms with E-state index in [0.717, 1.165) is 8.61 Å². The normalized spacial score (nSPS) is 10.1. The Labute approximate surface area is 173 Å². The molecule has 0 aliphatic carbocycles. The second kappa shape index (κ2) is 9.20. The standard InChI is InChI=1S/C20H16N2O4S2/c23-19(21(27)15-8-3-1-4-9-15)25-17-12-7-13-18(14-17)26-20(24)22(28)16-10-5-2-6-11-16/h1-14,27-28H. The Kier molecular flexibility index (Phi) is 6.46. The third kappa shape index (κ3) is 4.99. The Morgan fingerprint density at radius 3 is 1.39 bits per heavy atom. The fourth-order valence-electron chi connectivity index (χ4n) is 2.24. The molecule has 8 heteroatoms. The van der Waals surface area contributed by atoms with Gasteiger partial charge in [0.2, 0.25) is 0 Å². The second-order valence-electron chi connectivity index (χ2n) is 5.51. The van der Waals surface area contributed by atoms with Crippen LogP contribution in [0.4, 0.5) is 21.0 Å². The third-order valence-corrected chi connectivity index (χ3v) is 4.35. The van der Waals surface area contributed by atoms with E-state index in [1.807, 2.05) is 12.1 Å². The summed E-state index contributed by atoms with van der Waals surface area (Å²) in [5.74, 6) is 0.409. The fraction of sp³-hybridized carbons (Fsp3) is 0. The molecular formula is C20H16N2O4S2. The van der Waals surface area contributed by atoms with Crippen molar-refractivity contribution >= 4 is 49.2 Å². The van der Waals surface area contributed by atoms with E-state index in [2.05, 4.69) is 25.6 Å². The molecule has 0 fully saturated rings. The number of hydrogen-bond donors (Lipinski definition) is 2. The number of amides is 2. The monoisotopic (exact) mass is 412 g/mol. The van der Waals surface area contributed by atoms with Crippen LogP contribution in [-0.2, 0) is 0 Å². The minimum atomic E-state index is -0.696. The highest BCUT2D eigenvalue weighted by Gasteiger charge is 2.17. The number of hydrogen-bond acceptors (Lipinski definition) is 6. The van der Waals surface area contributed by atoms with Crippen molar-refractivity contribution in [3.63, 3.8) is 0 Å². The highest BCUT2D eigenvalue weighted by Crippen LogP contribution is 2.24. The van der Waals surface area contributed by atoms with Crippen molar-refractivity contribution in [3.8, 4) is 11.5 Å². The Morgan fingerprint density at radius 1 is 0.607 bits per heavy atom. The van der Waals surface area contributed by atoms with Crippen molar-refractivity contribution in [2.75, 3.05) is 8.61 Å². The van der Waals surface area contributed by atoms with Gasteiger partial charge in [-0.15, -0.1) is 0 Å². The van der Waals surface area contributed by atoms with Gasteiger partial charge in [0.1, 0.15) is 11.5 Å². The van der Waals surface area contributed by atoms with Gasteiger partial charge >= 0.3 is 12.2 Å². The first-order valence-electron chi connectivity index (χ1n) is 8.16. The summed E-state index contributed by atoms with van der Waals surface area (Å²) in [6.07, 6.45) is -1.39. The Bertz CT molecular complexity index is 880. The predicted molar refractivity (Wildman–Crippen MR) is 114 cm³/mol. The summed E-state index contributed by atoms with van der Waals surface area (Å²) in [6, 6.07) is 23.8. The maximum absolute atomic E-state index is 12.2. The topological polar surface area (TPSA) is 59.1 Å². The van der Waals surface area contributed by atoms with Crippen molar-refractivity contribution in [3.05, 3.63) is 84.9 Å². The van der Waals surface area contributed by atoms with Crippen molar-refractivity contribution in [1.29, 1.82) is 0 Å². The van der Waals surface area contributed by atoms with Crippen LogP contribution in [0, 0.1) is 0 Å². The van der Waals surface area contributed by atoms with Gasteiger partial charge in [-0.05, 0) is 36.4 Å². The highest BCUT2D eigenvalue weighted by molar-refractivity contribution is 7.82. The Balaban J connectivity index is 1.65. The van der Waals surface area contributed by atoms with E-state index in [9.17, 15) is 9.59 Å². The minimum Gasteiger partial charge on any atom is -0.409 e. The molecule has 0 unspecified atom stereocenters.